The zero-order chi connectivity index (χ0) is 21.0. The van der Waals surface area contributed by atoms with Gasteiger partial charge in [0.2, 0.25) is 6.29 Å². The second-order valence-electron chi connectivity index (χ2n) is 6.70. The number of amides is 1. The minimum absolute atomic E-state index is 0. The van der Waals surface area contributed by atoms with Crippen molar-refractivity contribution < 1.29 is 73.8 Å². The summed E-state index contributed by atoms with van der Waals surface area (Å²) in [7, 11) is 0. The van der Waals surface area contributed by atoms with Gasteiger partial charge in [0, 0.05) is 0 Å². The van der Waals surface area contributed by atoms with Crippen LogP contribution in [0.3, 0.4) is 0 Å². The Hall–Kier alpha value is -1.40. The average Bonchev–Trinajstić information content (AvgIpc) is 2.61. The molecule has 156 valence electrons. The Morgan fingerprint density at radius 1 is 1.17 bits per heavy atom. The van der Waals surface area contributed by atoms with E-state index in [2.05, 4.69) is 5.32 Å². The number of ether oxygens (including phenoxy) is 3. The van der Waals surface area contributed by atoms with E-state index in [4.69, 9.17) is 14.2 Å². The van der Waals surface area contributed by atoms with Gasteiger partial charge in [0.25, 0.3) is 0 Å². The molecule has 0 spiro atoms. The molecule has 1 saturated heterocycles. The number of alkyl carbamates (subject to hydrolysis) is 1. The van der Waals surface area contributed by atoms with Crippen molar-refractivity contribution in [3.63, 3.8) is 0 Å². The number of carbonyl (C=O) groups excluding carboxylic acids is 2. The number of hydrogen-bond donors (Lipinski definition) is 4. The first-order valence-electron chi connectivity index (χ1n) is 8.68. The average molecular weight is 421 g/mol. The van der Waals surface area contributed by atoms with E-state index in [1.165, 1.54) is 0 Å². The number of aliphatic hydroxyl groups is 3. The summed E-state index contributed by atoms with van der Waals surface area (Å²) >= 11 is 0. The second kappa shape index (κ2) is 11.1. The largest absolute Gasteiger partial charge is 1.00 e. The van der Waals surface area contributed by atoms with Crippen molar-refractivity contribution in [2.45, 2.75) is 57.5 Å². The van der Waals surface area contributed by atoms with Crippen LogP contribution in [0, 0.1) is 13.8 Å². The van der Waals surface area contributed by atoms with Crippen molar-refractivity contribution in [2.24, 2.45) is 0 Å². The normalized spacial score (nSPS) is 27.3. The molecule has 0 saturated carbocycles. The molecular formula is C18H24NNaO9. The summed E-state index contributed by atoms with van der Waals surface area (Å²) < 4.78 is 15.4. The van der Waals surface area contributed by atoms with Crippen LogP contribution in [0.15, 0.2) is 18.2 Å². The Kier molecular flexibility index (Phi) is 9.83. The zero-order valence-corrected chi connectivity index (χ0v) is 18.7. The van der Waals surface area contributed by atoms with Gasteiger partial charge in [-0.1, -0.05) is 18.2 Å². The second-order valence-corrected chi connectivity index (χ2v) is 6.70. The van der Waals surface area contributed by atoms with Gasteiger partial charge in [-0.2, -0.15) is 0 Å². The van der Waals surface area contributed by atoms with Crippen LogP contribution in [0.25, 0.3) is 0 Å². The van der Waals surface area contributed by atoms with Gasteiger partial charge < -0.3 is 44.7 Å². The van der Waals surface area contributed by atoms with Crippen LogP contribution >= 0.6 is 0 Å². The van der Waals surface area contributed by atoms with E-state index in [0.29, 0.717) is 5.75 Å². The van der Waals surface area contributed by atoms with Crippen LogP contribution in [-0.2, 0) is 14.3 Å². The number of carboxylic acid groups (broad SMARTS) is 1. The number of benzene rings is 1. The van der Waals surface area contributed by atoms with Gasteiger partial charge in [-0.25, -0.2) is 4.79 Å². The Labute approximate surface area is 190 Å². The quantitative estimate of drug-likeness (QED) is 0.332. The number of hydrogen-bond acceptors (Lipinski definition) is 9. The third kappa shape index (κ3) is 6.54. The van der Waals surface area contributed by atoms with Crippen molar-refractivity contribution in [3.8, 4) is 5.75 Å². The number of para-hydroxylation sites is 1. The molecule has 6 atom stereocenters. The Balaban J connectivity index is 0.00000420. The van der Waals surface area contributed by atoms with Gasteiger partial charge in [-0.05, 0) is 31.9 Å². The maximum Gasteiger partial charge on any atom is 1.00 e. The van der Waals surface area contributed by atoms with Gasteiger partial charge in [-0.3, -0.25) is 0 Å². The van der Waals surface area contributed by atoms with Crippen LogP contribution < -0.4 is 44.7 Å². The molecule has 0 radical (unpaired) electrons. The predicted octanol–water partition coefficient (Wildman–Crippen LogP) is -4.64. The van der Waals surface area contributed by atoms with Crippen molar-refractivity contribution in [1.82, 2.24) is 5.32 Å². The third-order valence-corrected chi connectivity index (χ3v) is 4.28. The minimum Gasteiger partial charge on any atom is -0.547 e. The number of aliphatic hydroxyl groups excluding tert-OH is 3. The first kappa shape index (κ1) is 25.6. The molecular weight excluding hydrogens is 397 g/mol. The van der Waals surface area contributed by atoms with Gasteiger partial charge in [0.1, 0.15) is 36.8 Å². The summed E-state index contributed by atoms with van der Waals surface area (Å²) in [4.78, 5) is 22.9. The smallest absolute Gasteiger partial charge is 0.547 e. The molecule has 11 heteroatoms. The summed E-state index contributed by atoms with van der Waals surface area (Å²) in [5, 5.41) is 42.5. The number of carboxylic acids is 1. The summed E-state index contributed by atoms with van der Waals surface area (Å²) in [5.74, 6) is -1.12. The first-order valence-corrected chi connectivity index (χ1v) is 8.68. The van der Waals surface area contributed by atoms with Crippen LogP contribution in [0.5, 0.6) is 5.75 Å². The molecule has 4 N–H and O–H groups in total. The van der Waals surface area contributed by atoms with E-state index >= 15 is 0 Å². The minimum atomic E-state index is -1.96. The monoisotopic (exact) mass is 421 g/mol. The molecule has 0 bridgehead atoms. The van der Waals surface area contributed by atoms with Crippen LogP contribution in [0.1, 0.15) is 18.1 Å². The summed E-state index contributed by atoms with van der Waals surface area (Å²) in [5.41, 5.74) is 1.88. The molecule has 1 aromatic rings. The molecule has 1 aromatic carbocycles. The number of aliphatic carboxylic acids is 1. The zero-order valence-electron chi connectivity index (χ0n) is 16.7. The molecule has 10 nitrogen and oxygen atoms in total. The topological polar surface area (TPSA) is 158 Å². The molecule has 1 aliphatic heterocycles. The molecule has 1 fully saturated rings. The van der Waals surface area contributed by atoms with Crippen molar-refractivity contribution in [2.75, 3.05) is 6.61 Å². The molecule has 29 heavy (non-hydrogen) atoms. The number of carbonyl (C=O) groups is 2. The van der Waals surface area contributed by atoms with Crippen molar-refractivity contribution in [1.29, 1.82) is 0 Å². The number of nitrogens with one attached hydrogen (secondary N) is 1. The van der Waals surface area contributed by atoms with E-state index in [9.17, 15) is 30.0 Å². The van der Waals surface area contributed by atoms with Gasteiger partial charge in [-0.15, -0.1) is 0 Å². The third-order valence-electron chi connectivity index (χ3n) is 4.28. The SMILES string of the molecule is Cc1cccc(C)c1OC[C@@H](C)NC(=O)O[C@@H]1O[C@H](C(=O)[O-])[C@@H](O)[C@H](O)[C@H]1O.[Na+]. The molecule has 1 aliphatic rings. The van der Waals surface area contributed by atoms with Gasteiger partial charge in [0.15, 0.2) is 0 Å². The number of rotatable bonds is 6. The maximum atomic E-state index is 12.0. The molecule has 0 aliphatic carbocycles. The fourth-order valence-corrected chi connectivity index (χ4v) is 2.76. The van der Waals surface area contributed by atoms with Crippen LogP contribution in [0.2, 0.25) is 0 Å². The fourth-order valence-electron chi connectivity index (χ4n) is 2.76. The summed E-state index contributed by atoms with van der Waals surface area (Å²) in [6.45, 7) is 5.56. The van der Waals surface area contributed by atoms with Crippen molar-refractivity contribution >= 4 is 12.1 Å². The molecule has 0 aromatic heterocycles. The van der Waals surface area contributed by atoms with Gasteiger partial charge >= 0.3 is 35.7 Å². The summed E-state index contributed by atoms with van der Waals surface area (Å²) in [6, 6.07) is 5.19. The molecule has 2 rings (SSSR count). The first-order chi connectivity index (χ1) is 13.1. The van der Waals surface area contributed by atoms with Crippen molar-refractivity contribution in [3.05, 3.63) is 29.3 Å². The van der Waals surface area contributed by atoms with E-state index in [1.54, 1.807) is 6.92 Å². The van der Waals surface area contributed by atoms with Crippen LogP contribution in [0.4, 0.5) is 4.79 Å². The van der Waals surface area contributed by atoms with E-state index < -0.39 is 48.8 Å². The molecule has 1 heterocycles. The van der Waals surface area contributed by atoms with Crippen LogP contribution in [-0.4, -0.2) is 70.7 Å². The standard InChI is InChI=1S/C18H25NO9.Na/c1-8-5-4-6-9(2)14(8)26-7-10(3)19-18(25)28-17-13(22)11(20)12(21)15(27-17)16(23)24;/h4-6,10-13,15,17,20-22H,7H2,1-3H3,(H,19,25)(H,23,24);/q;+1/p-1/t10-,11+,12+,13-,15+,17+;/m1./s1. The van der Waals surface area contributed by atoms with Gasteiger partial charge in [0.05, 0.1) is 12.0 Å². The van der Waals surface area contributed by atoms with E-state index in [0.717, 1.165) is 11.1 Å². The number of aryl methyl sites for hydroxylation is 2. The van der Waals surface area contributed by atoms with E-state index in [1.807, 2.05) is 32.0 Å². The van der Waals surface area contributed by atoms with E-state index in [-0.39, 0.29) is 36.2 Å². The Bertz CT molecular complexity index is 696. The molecule has 0 unspecified atom stereocenters. The molecule has 1 amide bonds. The predicted molar refractivity (Wildman–Crippen MR) is 92.2 cm³/mol. The Morgan fingerprint density at radius 2 is 1.76 bits per heavy atom. The summed E-state index contributed by atoms with van der Waals surface area (Å²) in [6.07, 6.45) is -10.4. The Morgan fingerprint density at radius 3 is 2.31 bits per heavy atom. The maximum absolute atomic E-state index is 12.0. The fraction of sp³-hybridized carbons (Fsp3) is 0.556.